The quantitative estimate of drug-likeness (QED) is 0.828. The van der Waals surface area contributed by atoms with Gasteiger partial charge in [-0.2, -0.15) is 0 Å². The molecule has 0 aliphatic heterocycles. The van der Waals surface area contributed by atoms with Crippen molar-refractivity contribution >= 4 is 6.21 Å². The van der Waals surface area contributed by atoms with E-state index in [2.05, 4.69) is 32.0 Å². The Bertz CT molecular complexity index is 544. The lowest BCUT2D eigenvalue weighted by Gasteiger charge is -2.39. The van der Waals surface area contributed by atoms with Gasteiger partial charge in [0.1, 0.15) is 5.75 Å². The van der Waals surface area contributed by atoms with Crippen molar-refractivity contribution < 1.29 is 9.84 Å². The van der Waals surface area contributed by atoms with Crippen molar-refractivity contribution in [3.8, 4) is 5.75 Å². The molecule has 1 unspecified atom stereocenters. The van der Waals surface area contributed by atoms with Crippen LogP contribution in [-0.4, -0.2) is 24.0 Å². The van der Waals surface area contributed by atoms with Gasteiger partial charge in [0.15, 0.2) is 0 Å². The molecule has 120 valence electrons. The Morgan fingerprint density at radius 3 is 2.73 bits per heavy atom. The number of ether oxygens (including phenoxy) is 1. The van der Waals surface area contributed by atoms with Gasteiger partial charge in [0, 0.05) is 12.1 Å². The van der Waals surface area contributed by atoms with Gasteiger partial charge in [0.25, 0.3) is 0 Å². The van der Waals surface area contributed by atoms with Crippen LogP contribution < -0.4 is 4.74 Å². The van der Waals surface area contributed by atoms with E-state index in [1.165, 1.54) is 11.1 Å². The predicted octanol–water partition coefficient (Wildman–Crippen LogP) is 3.93. The molecule has 1 atom stereocenters. The number of aliphatic hydroxyl groups excluding tert-OH is 1. The lowest BCUT2D eigenvalue weighted by atomic mass is 9.66. The van der Waals surface area contributed by atoms with Crippen LogP contribution in [-0.2, 0) is 6.42 Å². The molecule has 1 fully saturated rings. The normalized spacial score (nSPS) is 30.5. The Kier molecular flexibility index (Phi) is 4.26. The largest absolute Gasteiger partial charge is 0.493 e. The lowest BCUT2D eigenvalue weighted by molar-refractivity contribution is 0.0636. The fraction of sp³-hybridized carbons (Fsp3) is 0.632. The predicted molar refractivity (Wildman–Crippen MR) is 88.9 cm³/mol. The third-order valence-corrected chi connectivity index (χ3v) is 5.36. The van der Waals surface area contributed by atoms with E-state index in [4.69, 9.17) is 10.1 Å². The van der Waals surface area contributed by atoms with Crippen LogP contribution in [0.15, 0.2) is 18.2 Å². The van der Waals surface area contributed by atoms with Crippen molar-refractivity contribution in [1.82, 2.24) is 0 Å². The first-order chi connectivity index (χ1) is 10.5. The van der Waals surface area contributed by atoms with Gasteiger partial charge >= 0.3 is 0 Å². The Morgan fingerprint density at radius 1 is 1.36 bits per heavy atom. The van der Waals surface area contributed by atoms with Gasteiger partial charge in [-0.15, -0.1) is 0 Å². The maximum atomic E-state index is 9.82. The van der Waals surface area contributed by atoms with Gasteiger partial charge in [-0.1, -0.05) is 19.9 Å². The summed E-state index contributed by atoms with van der Waals surface area (Å²) in [6.45, 7) is 5.03. The molecule has 3 nitrogen and oxygen atoms in total. The lowest BCUT2D eigenvalue weighted by Crippen LogP contribution is -2.33. The van der Waals surface area contributed by atoms with Gasteiger partial charge < -0.3 is 15.3 Å². The molecular formula is C19H27NO2. The molecule has 0 bridgehead atoms. The van der Waals surface area contributed by atoms with Gasteiger partial charge in [-0.05, 0) is 66.7 Å². The molecule has 0 aromatic heterocycles. The van der Waals surface area contributed by atoms with E-state index in [0.29, 0.717) is 5.92 Å². The van der Waals surface area contributed by atoms with Crippen LogP contribution in [0.4, 0.5) is 0 Å². The molecule has 3 rings (SSSR count). The summed E-state index contributed by atoms with van der Waals surface area (Å²) in [6, 6.07) is 6.40. The van der Waals surface area contributed by atoms with Crippen molar-refractivity contribution in [2.45, 2.75) is 58.0 Å². The van der Waals surface area contributed by atoms with Crippen LogP contribution in [0.5, 0.6) is 5.75 Å². The molecule has 0 radical (unpaired) electrons. The minimum Gasteiger partial charge on any atom is -0.493 e. The number of benzene rings is 1. The molecule has 22 heavy (non-hydrogen) atoms. The molecule has 0 amide bonds. The molecule has 0 saturated heterocycles. The van der Waals surface area contributed by atoms with E-state index in [-0.39, 0.29) is 17.4 Å². The van der Waals surface area contributed by atoms with Crippen LogP contribution in [0.3, 0.4) is 0 Å². The Morgan fingerprint density at radius 2 is 2.09 bits per heavy atom. The van der Waals surface area contributed by atoms with Crippen molar-refractivity contribution in [2.75, 3.05) is 6.61 Å². The summed E-state index contributed by atoms with van der Waals surface area (Å²) in [6.07, 6.45) is 6.29. The molecule has 1 aromatic carbocycles. The number of nitrogens with one attached hydrogen (secondary N) is 1. The fourth-order valence-corrected chi connectivity index (χ4v) is 4.13. The van der Waals surface area contributed by atoms with E-state index < -0.39 is 0 Å². The average molecular weight is 301 g/mol. The van der Waals surface area contributed by atoms with E-state index in [9.17, 15) is 5.11 Å². The second kappa shape index (κ2) is 6.04. The first-order valence-electron chi connectivity index (χ1n) is 8.48. The zero-order valence-corrected chi connectivity index (χ0v) is 13.6. The zero-order valence-electron chi connectivity index (χ0n) is 13.6. The summed E-state index contributed by atoms with van der Waals surface area (Å²) in [5.74, 6) is 1.61. The zero-order chi connectivity index (χ0) is 15.7. The van der Waals surface area contributed by atoms with Gasteiger partial charge in [-0.3, -0.25) is 0 Å². The van der Waals surface area contributed by atoms with Crippen LogP contribution in [0.2, 0.25) is 0 Å². The maximum Gasteiger partial charge on any atom is 0.119 e. The Balaban J connectivity index is 1.84. The van der Waals surface area contributed by atoms with E-state index >= 15 is 0 Å². The van der Waals surface area contributed by atoms with Gasteiger partial charge in [0.05, 0.1) is 12.7 Å². The first kappa shape index (κ1) is 15.5. The van der Waals surface area contributed by atoms with Crippen LogP contribution >= 0.6 is 0 Å². The van der Waals surface area contributed by atoms with Crippen LogP contribution in [0.1, 0.15) is 56.6 Å². The second-order valence-corrected chi connectivity index (χ2v) is 7.48. The Hall–Kier alpha value is -1.35. The molecule has 2 aliphatic rings. The van der Waals surface area contributed by atoms with Crippen LogP contribution in [0, 0.1) is 16.7 Å². The van der Waals surface area contributed by atoms with Gasteiger partial charge in [0.2, 0.25) is 0 Å². The molecule has 0 heterocycles. The van der Waals surface area contributed by atoms with Gasteiger partial charge in [-0.25, -0.2) is 0 Å². The number of fused-ring (bicyclic) bond motifs is 1. The van der Waals surface area contributed by atoms with Crippen molar-refractivity contribution in [1.29, 1.82) is 5.41 Å². The third kappa shape index (κ3) is 2.79. The number of rotatable bonds is 4. The highest BCUT2D eigenvalue weighted by molar-refractivity contribution is 5.70. The standard InChI is InChI=1S/C19H27NO2/c1-13(2)12-22-16-4-3-14-10-19(7-5-15(21)6-8-19)18(11-20)17(14)9-16/h3-4,9,11,13,15,18,20-21H,5-8,10,12H2,1-2H3. The number of aliphatic hydroxyl groups is 1. The van der Waals surface area contributed by atoms with E-state index in [1.807, 2.05) is 0 Å². The molecule has 2 aliphatic carbocycles. The Labute approximate surface area is 133 Å². The highest BCUT2D eigenvalue weighted by atomic mass is 16.5. The minimum absolute atomic E-state index is 0.148. The molecule has 1 saturated carbocycles. The maximum absolute atomic E-state index is 9.82. The molecule has 3 heteroatoms. The summed E-state index contributed by atoms with van der Waals surface area (Å²) >= 11 is 0. The highest BCUT2D eigenvalue weighted by Crippen LogP contribution is 2.54. The average Bonchev–Trinajstić information content (AvgIpc) is 2.80. The fourth-order valence-electron chi connectivity index (χ4n) is 4.13. The SMILES string of the molecule is CC(C)COc1ccc2c(c1)C(C=N)C1(CCC(O)CC1)C2. The topological polar surface area (TPSA) is 53.3 Å². The molecule has 2 N–H and O–H groups in total. The van der Waals surface area contributed by atoms with Crippen LogP contribution in [0.25, 0.3) is 0 Å². The van der Waals surface area contributed by atoms with Crippen molar-refractivity contribution in [2.24, 2.45) is 11.3 Å². The molecule has 1 spiro atoms. The minimum atomic E-state index is -0.148. The summed E-state index contributed by atoms with van der Waals surface area (Å²) in [5, 5.41) is 17.8. The summed E-state index contributed by atoms with van der Waals surface area (Å²) in [5.41, 5.74) is 2.79. The molecular weight excluding hydrogens is 274 g/mol. The summed E-state index contributed by atoms with van der Waals surface area (Å²) in [7, 11) is 0. The second-order valence-electron chi connectivity index (χ2n) is 7.48. The van der Waals surface area contributed by atoms with Crippen molar-refractivity contribution in [3.63, 3.8) is 0 Å². The third-order valence-electron chi connectivity index (χ3n) is 5.36. The monoisotopic (exact) mass is 301 g/mol. The first-order valence-corrected chi connectivity index (χ1v) is 8.48. The van der Waals surface area contributed by atoms with E-state index in [0.717, 1.165) is 44.5 Å². The van der Waals surface area contributed by atoms with E-state index in [1.54, 1.807) is 6.21 Å². The summed E-state index contributed by atoms with van der Waals surface area (Å²) < 4.78 is 5.86. The smallest absolute Gasteiger partial charge is 0.119 e. The van der Waals surface area contributed by atoms with Crippen molar-refractivity contribution in [3.05, 3.63) is 29.3 Å². The number of hydrogen-bond acceptors (Lipinski definition) is 3. The molecule has 1 aromatic rings. The highest BCUT2D eigenvalue weighted by Gasteiger charge is 2.46. The summed E-state index contributed by atoms with van der Waals surface area (Å²) in [4.78, 5) is 0. The number of hydrogen-bond donors (Lipinski definition) is 2.